The zero-order valence-electron chi connectivity index (χ0n) is 8.43. The van der Waals surface area contributed by atoms with Gasteiger partial charge < -0.3 is 5.32 Å². The van der Waals surface area contributed by atoms with Gasteiger partial charge >= 0.3 is 0 Å². The normalized spacial score (nSPS) is 9.93. The Kier molecular flexibility index (Phi) is 3.96. The fourth-order valence-electron chi connectivity index (χ4n) is 1.16. The van der Waals surface area contributed by atoms with Gasteiger partial charge in [0.25, 0.3) is 0 Å². The topological polar surface area (TPSA) is 29.1 Å². The Morgan fingerprint density at radius 1 is 1.50 bits per heavy atom. The SMILES string of the molecule is CCCC(=O)Nc1ccc(C)cc1Cl. The summed E-state index contributed by atoms with van der Waals surface area (Å²) in [6.07, 6.45) is 1.37. The van der Waals surface area contributed by atoms with E-state index in [2.05, 4.69) is 5.32 Å². The van der Waals surface area contributed by atoms with Gasteiger partial charge in [0.2, 0.25) is 5.91 Å². The Balaban J connectivity index is 2.72. The number of amides is 1. The average molecular weight is 212 g/mol. The maximum Gasteiger partial charge on any atom is 0.224 e. The molecule has 0 saturated heterocycles. The molecule has 0 aliphatic heterocycles. The predicted octanol–water partition coefficient (Wildman–Crippen LogP) is 3.39. The van der Waals surface area contributed by atoms with Gasteiger partial charge in [0.05, 0.1) is 10.7 Å². The van der Waals surface area contributed by atoms with Crippen LogP contribution >= 0.6 is 11.6 Å². The van der Waals surface area contributed by atoms with Gasteiger partial charge in [-0.3, -0.25) is 4.79 Å². The Labute approximate surface area is 89.3 Å². The predicted molar refractivity (Wildman–Crippen MR) is 59.7 cm³/mol. The van der Waals surface area contributed by atoms with Crippen molar-refractivity contribution < 1.29 is 4.79 Å². The molecule has 1 aromatic carbocycles. The fraction of sp³-hybridized carbons (Fsp3) is 0.364. The number of halogens is 1. The van der Waals surface area contributed by atoms with Crippen LogP contribution in [0, 0.1) is 6.92 Å². The lowest BCUT2D eigenvalue weighted by Crippen LogP contribution is -2.10. The minimum Gasteiger partial charge on any atom is -0.325 e. The van der Waals surface area contributed by atoms with Crippen molar-refractivity contribution in [1.29, 1.82) is 0 Å². The molecule has 0 aliphatic rings. The molecule has 1 N–H and O–H groups in total. The molecule has 14 heavy (non-hydrogen) atoms. The lowest BCUT2D eigenvalue weighted by Gasteiger charge is -2.06. The summed E-state index contributed by atoms with van der Waals surface area (Å²) in [5, 5.41) is 3.36. The van der Waals surface area contributed by atoms with Crippen LogP contribution in [0.3, 0.4) is 0 Å². The number of nitrogens with one attached hydrogen (secondary N) is 1. The molecule has 0 radical (unpaired) electrons. The van der Waals surface area contributed by atoms with Gasteiger partial charge in [0.15, 0.2) is 0 Å². The van der Waals surface area contributed by atoms with E-state index in [9.17, 15) is 4.79 Å². The summed E-state index contributed by atoms with van der Waals surface area (Å²) in [7, 11) is 0. The van der Waals surface area contributed by atoms with E-state index >= 15 is 0 Å². The molecule has 1 amide bonds. The van der Waals surface area contributed by atoms with Gasteiger partial charge in [-0.15, -0.1) is 0 Å². The van der Waals surface area contributed by atoms with Gasteiger partial charge in [-0.1, -0.05) is 24.6 Å². The molecule has 0 heterocycles. The quantitative estimate of drug-likeness (QED) is 0.816. The number of anilines is 1. The van der Waals surface area contributed by atoms with E-state index in [1.165, 1.54) is 0 Å². The Hall–Kier alpha value is -1.02. The molecule has 0 saturated carbocycles. The molecule has 0 unspecified atom stereocenters. The molecule has 0 bridgehead atoms. The van der Waals surface area contributed by atoms with Gasteiger partial charge in [-0.25, -0.2) is 0 Å². The molecular weight excluding hydrogens is 198 g/mol. The summed E-state index contributed by atoms with van der Waals surface area (Å²) in [5.41, 5.74) is 1.78. The summed E-state index contributed by atoms with van der Waals surface area (Å²) >= 11 is 5.96. The maximum absolute atomic E-state index is 11.3. The molecule has 1 aromatic rings. The largest absolute Gasteiger partial charge is 0.325 e. The summed E-state index contributed by atoms with van der Waals surface area (Å²) in [4.78, 5) is 11.3. The van der Waals surface area contributed by atoms with Crippen LogP contribution in [0.4, 0.5) is 5.69 Å². The highest BCUT2D eigenvalue weighted by Gasteiger charge is 2.04. The number of carbonyl (C=O) groups is 1. The number of carbonyl (C=O) groups excluding carboxylic acids is 1. The zero-order chi connectivity index (χ0) is 10.6. The second-order valence-electron chi connectivity index (χ2n) is 3.28. The molecule has 0 aliphatic carbocycles. The first-order chi connectivity index (χ1) is 6.63. The maximum atomic E-state index is 11.3. The molecule has 1 rings (SSSR count). The van der Waals surface area contributed by atoms with Crippen molar-refractivity contribution >= 4 is 23.2 Å². The third-order valence-electron chi connectivity index (χ3n) is 1.88. The zero-order valence-corrected chi connectivity index (χ0v) is 9.19. The van der Waals surface area contributed by atoms with Crippen LogP contribution in [0.2, 0.25) is 5.02 Å². The van der Waals surface area contributed by atoms with E-state index < -0.39 is 0 Å². The van der Waals surface area contributed by atoms with Gasteiger partial charge in [-0.05, 0) is 31.0 Å². The number of aryl methyl sites for hydroxylation is 1. The lowest BCUT2D eigenvalue weighted by molar-refractivity contribution is -0.116. The molecule has 0 atom stereocenters. The minimum absolute atomic E-state index is 0.0123. The van der Waals surface area contributed by atoms with Gasteiger partial charge in [0.1, 0.15) is 0 Å². The van der Waals surface area contributed by atoms with E-state index in [0.29, 0.717) is 17.1 Å². The van der Waals surface area contributed by atoms with E-state index in [4.69, 9.17) is 11.6 Å². The van der Waals surface area contributed by atoms with E-state index in [1.54, 1.807) is 0 Å². The van der Waals surface area contributed by atoms with E-state index in [0.717, 1.165) is 12.0 Å². The third kappa shape index (κ3) is 3.04. The van der Waals surface area contributed by atoms with Crippen LogP contribution in [0.1, 0.15) is 25.3 Å². The van der Waals surface area contributed by atoms with Crippen LogP contribution in [-0.4, -0.2) is 5.91 Å². The van der Waals surface area contributed by atoms with E-state index in [1.807, 2.05) is 32.0 Å². The van der Waals surface area contributed by atoms with E-state index in [-0.39, 0.29) is 5.91 Å². The van der Waals surface area contributed by atoms with Crippen LogP contribution in [-0.2, 0) is 4.79 Å². The van der Waals surface area contributed by atoms with Crippen LogP contribution < -0.4 is 5.32 Å². The monoisotopic (exact) mass is 211 g/mol. The van der Waals surface area contributed by atoms with Crippen LogP contribution in [0.15, 0.2) is 18.2 Å². The highest BCUT2D eigenvalue weighted by molar-refractivity contribution is 6.33. The molecule has 2 nitrogen and oxygen atoms in total. The molecule has 0 aromatic heterocycles. The lowest BCUT2D eigenvalue weighted by atomic mass is 10.2. The first kappa shape index (κ1) is 11.1. The number of rotatable bonds is 3. The number of hydrogen-bond donors (Lipinski definition) is 1. The molecule has 3 heteroatoms. The Morgan fingerprint density at radius 2 is 2.21 bits per heavy atom. The van der Waals surface area contributed by atoms with Crippen molar-refractivity contribution in [2.45, 2.75) is 26.7 Å². The third-order valence-corrected chi connectivity index (χ3v) is 2.19. The first-order valence-corrected chi connectivity index (χ1v) is 5.07. The summed E-state index contributed by atoms with van der Waals surface area (Å²) in [6.45, 7) is 3.93. The first-order valence-electron chi connectivity index (χ1n) is 4.69. The van der Waals surface area contributed by atoms with Crippen molar-refractivity contribution in [2.75, 3.05) is 5.32 Å². The highest BCUT2D eigenvalue weighted by Crippen LogP contribution is 2.22. The van der Waals surface area contributed by atoms with Gasteiger partial charge in [0, 0.05) is 6.42 Å². The highest BCUT2D eigenvalue weighted by atomic mass is 35.5. The van der Waals surface area contributed by atoms with Crippen LogP contribution in [0.25, 0.3) is 0 Å². The van der Waals surface area contributed by atoms with Gasteiger partial charge in [-0.2, -0.15) is 0 Å². The van der Waals surface area contributed by atoms with Crippen molar-refractivity contribution in [2.24, 2.45) is 0 Å². The van der Waals surface area contributed by atoms with Crippen molar-refractivity contribution in [3.63, 3.8) is 0 Å². The fourth-order valence-corrected chi connectivity index (χ4v) is 1.44. The average Bonchev–Trinajstić information content (AvgIpc) is 2.10. The minimum atomic E-state index is 0.0123. The standard InChI is InChI=1S/C11H14ClNO/c1-3-4-11(14)13-10-6-5-8(2)7-9(10)12/h5-7H,3-4H2,1-2H3,(H,13,14). The number of benzene rings is 1. The van der Waals surface area contributed by atoms with Crippen molar-refractivity contribution in [3.05, 3.63) is 28.8 Å². The summed E-state index contributed by atoms with van der Waals surface area (Å²) in [6, 6.07) is 5.59. The molecule has 0 fully saturated rings. The Bertz CT molecular complexity index is 336. The Morgan fingerprint density at radius 3 is 2.79 bits per heavy atom. The molecular formula is C11H14ClNO. The molecule has 0 spiro atoms. The summed E-state index contributed by atoms with van der Waals surface area (Å²) < 4.78 is 0. The second kappa shape index (κ2) is 5.01. The van der Waals surface area contributed by atoms with Crippen molar-refractivity contribution in [3.8, 4) is 0 Å². The smallest absolute Gasteiger partial charge is 0.224 e. The molecule has 76 valence electrons. The summed E-state index contributed by atoms with van der Waals surface area (Å²) in [5.74, 6) is 0.0123. The van der Waals surface area contributed by atoms with Crippen LogP contribution in [0.5, 0.6) is 0 Å². The number of hydrogen-bond acceptors (Lipinski definition) is 1. The second-order valence-corrected chi connectivity index (χ2v) is 3.69. The van der Waals surface area contributed by atoms with Crippen molar-refractivity contribution in [1.82, 2.24) is 0 Å².